The Morgan fingerprint density at radius 2 is 1.00 bits per heavy atom. The van der Waals surface area contributed by atoms with Gasteiger partial charge in [-0.05, 0) is 0 Å². The van der Waals surface area contributed by atoms with Crippen molar-refractivity contribution in [2.24, 2.45) is 17.2 Å². The average molecular weight is 193 g/mol. The lowest BCUT2D eigenvalue weighted by Gasteiger charge is -2.17. The minimum atomic E-state index is -0.698. The van der Waals surface area contributed by atoms with Gasteiger partial charge < -0.3 is 31.4 Å². The topological polar surface area (TPSA) is 106 Å². The van der Waals surface area contributed by atoms with Gasteiger partial charge in [0.2, 0.25) is 0 Å². The molecule has 6 nitrogen and oxygen atoms in total. The van der Waals surface area contributed by atoms with Gasteiger partial charge in [-0.2, -0.15) is 0 Å². The normalized spacial score (nSPS) is 11.1. The Bertz CT molecular complexity index is 86.0. The summed E-state index contributed by atoms with van der Waals surface area (Å²) in [5, 5.41) is 0. The van der Waals surface area contributed by atoms with Crippen molar-refractivity contribution in [3.05, 3.63) is 0 Å². The molecule has 0 radical (unpaired) electrons. The standard InChI is InChI=1S/C7H19N3O3/c8-1-4-11-7(12-5-2-9)13-6-3-10/h7H,1-6,8-10H2. The molecule has 0 unspecified atom stereocenters. The smallest absolute Gasteiger partial charge is 0.271 e. The molecule has 0 aromatic rings. The first-order chi connectivity index (χ1) is 6.35. The Morgan fingerprint density at radius 3 is 1.23 bits per heavy atom. The predicted molar refractivity (Wildman–Crippen MR) is 48.8 cm³/mol. The second-order valence-corrected chi connectivity index (χ2v) is 2.27. The van der Waals surface area contributed by atoms with E-state index < -0.39 is 6.48 Å². The second-order valence-electron chi connectivity index (χ2n) is 2.27. The summed E-state index contributed by atoms with van der Waals surface area (Å²) in [6, 6.07) is 0. The van der Waals surface area contributed by atoms with Gasteiger partial charge in [-0.25, -0.2) is 0 Å². The van der Waals surface area contributed by atoms with Crippen LogP contribution in [-0.4, -0.2) is 45.9 Å². The molecule has 0 rings (SSSR count). The maximum absolute atomic E-state index is 5.25. The van der Waals surface area contributed by atoms with Crippen LogP contribution >= 0.6 is 0 Å². The summed E-state index contributed by atoms with van der Waals surface area (Å²) in [6.45, 7) is 1.74. The van der Waals surface area contributed by atoms with Crippen molar-refractivity contribution in [3.63, 3.8) is 0 Å². The summed E-state index contributed by atoms with van der Waals surface area (Å²) < 4.78 is 15.3. The average Bonchev–Trinajstić information content (AvgIpc) is 2.17. The van der Waals surface area contributed by atoms with Crippen LogP contribution in [0.5, 0.6) is 0 Å². The van der Waals surface area contributed by atoms with Crippen molar-refractivity contribution < 1.29 is 14.2 Å². The van der Waals surface area contributed by atoms with Crippen LogP contribution in [-0.2, 0) is 14.2 Å². The summed E-state index contributed by atoms with van der Waals surface area (Å²) in [4.78, 5) is 0. The predicted octanol–water partition coefficient (Wildman–Crippen LogP) is -1.80. The molecule has 6 heteroatoms. The van der Waals surface area contributed by atoms with E-state index in [2.05, 4.69) is 0 Å². The van der Waals surface area contributed by atoms with Crippen molar-refractivity contribution in [1.82, 2.24) is 0 Å². The molecule has 0 aliphatic carbocycles. The van der Waals surface area contributed by atoms with Crippen molar-refractivity contribution >= 4 is 0 Å². The minimum absolute atomic E-state index is 0.389. The molecule has 6 N–H and O–H groups in total. The SMILES string of the molecule is NCCOC(OCCN)OCCN. The van der Waals surface area contributed by atoms with Gasteiger partial charge in [0.25, 0.3) is 6.48 Å². The zero-order valence-corrected chi connectivity index (χ0v) is 7.78. The van der Waals surface area contributed by atoms with Crippen molar-refractivity contribution in [3.8, 4) is 0 Å². The highest BCUT2D eigenvalue weighted by Gasteiger charge is 2.07. The van der Waals surface area contributed by atoms with E-state index in [0.29, 0.717) is 39.5 Å². The van der Waals surface area contributed by atoms with Crippen LogP contribution in [0.15, 0.2) is 0 Å². The molecule has 13 heavy (non-hydrogen) atoms. The van der Waals surface area contributed by atoms with Crippen LogP contribution in [0.25, 0.3) is 0 Å². The highest BCUT2D eigenvalue weighted by atomic mass is 16.8. The molecule has 0 aliphatic rings. The summed E-state index contributed by atoms with van der Waals surface area (Å²) >= 11 is 0. The number of nitrogens with two attached hydrogens (primary N) is 3. The first-order valence-corrected chi connectivity index (χ1v) is 4.30. The van der Waals surface area contributed by atoms with Gasteiger partial charge in [0.15, 0.2) is 0 Å². The van der Waals surface area contributed by atoms with Gasteiger partial charge in [0.1, 0.15) is 0 Å². The van der Waals surface area contributed by atoms with Crippen molar-refractivity contribution in [2.45, 2.75) is 6.48 Å². The highest BCUT2D eigenvalue weighted by Crippen LogP contribution is 1.95. The van der Waals surface area contributed by atoms with Crippen molar-refractivity contribution in [1.29, 1.82) is 0 Å². The molecule has 0 atom stereocenters. The van der Waals surface area contributed by atoms with E-state index in [-0.39, 0.29) is 0 Å². The van der Waals surface area contributed by atoms with Crippen LogP contribution in [0.2, 0.25) is 0 Å². The van der Waals surface area contributed by atoms with E-state index in [1.807, 2.05) is 0 Å². The zero-order valence-electron chi connectivity index (χ0n) is 7.78. The van der Waals surface area contributed by atoms with Crippen LogP contribution < -0.4 is 17.2 Å². The third-order valence-corrected chi connectivity index (χ3v) is 1.12. The molecule has 80 valence electrons. The number of ether oxygens (including phenoxy) is 3. The Balaban J connectivity index is 3.47. The van der Waals surface area contributed by atoms with Gasteiger partial charge in [-0.1, -0.05) is 0 Å². The van der Waals surface area contributed by atoms with Gasteiger partial charge in [-0.3, -0.25) is 0 Å². The lowest BCUT2D eigenvalue weighted by atomic mass is 10.7. The molecule has 0 bridgehead atoms. The van der Waals surface area contributed by atoms with E-state index in [0.717, 1.165) is 0 Å². The fourth-order valence-electron chi connectivity index (χ4n) is 0.637. The number of hydrogen-bond acceptors (Lipinski definition) is 6. The highest BCUT2D eigenvalue weighted by molar-refractivity contribution is 4.36. The largest absolute Gasteiger partial charge is 0.329 e. The lowest BCUT2D eigenvalue weighted by Crippen LogP contribution is -2.28. The lowest BCUT2D eigenvalue weighted by molar-refractivity contribution is -0.284. The van der Waals surface area contributed by atoms with Crippen LogP contribution in [0, 0.1) is 0 Å². The molecule has 0 aliphatic heterocycles. The van der Waals surface area contributed by atoms with E-state index in [1.54, 1.807) is 0 Å². The zero-order chi connectivity index (χ0) is 9.94. The second kappa shape index (κ2) is 9.85. The van der Waals surface area contributed by atoms with E-state index in [9.17, 15) is 0 Å². The van der Waals surface area contributed by atoms with Gasteiger partial charge in [0.05, 0.1) is 19.8 Å². The minimum Gasteiger partial charge on any atom is -0.329 e. The van der Waals surface area contributed by atoms with Gasteiger partial charge in [0, 0.05) is 19.6 Å². The van der Waals surface area contributed by atoms with Crippen LogP contribution in [0.1, 0.15) is 0 Å². The maximum atomic E-state index is 5.25. The summed E-state index contributed by atoms with van der Waals surface area (Å²) in [6.07, 6.45) is 0. The molecule has 0 aromatic heterocycles. The van der Waals surface area contributed by atoms with Gasteiger partial charge >= 0.3 is 0 Å². The third-order valence-electron chi connectivity index (χ3n) is 1.12. The number of hydrogen-bond donors (Lipinski definition) is 3. The first kappa shape index (κ1) is 12.8. The number of rotatable bonds is 9. The first-order valence-electron chi connectivity index (χ1n) is 4.30. The Morgan fingerprint density at radius 1 is 0.692 bits per heavy atom. The molecule has 0 spiro atoms. The molecule has 0 heterocycles. The fraction of sp³-hybridized carbons (Fsp3) is 1.00. The van der Waals surface area contributed by atoms with Crippen LogP contribution in [0.4, 0.5) is 0 Å². The van der Waals surface area contributed by atoms with E-state index in [4.69, 9.17) is 31.4 Å². The Labute approximate surface area is 78.3 Å². The maximum Gasteiger partial charge on any atom is 0.271 e. The quantitative estimate of drug-likeness (QED) is 0.373. The third kappa shape index (κ3) is 8.10. The fourth-order valence-corrected chi connectivity index (χ4v) is 0.637. The Hall–Kier alpha value is -0.240. The molecule has 0 fully saturated rings. The van der Waals surface area contributed by atoms with E-state index >= 15 is 0 Å². The summed E-state index contributed by atoms with van der Waals surface area (Å²) in [5.41, 5.74) is 15.7. The summed E-state index contributed by atoms with van der Waals surface area (Å²) in [7, 11) is 0. The molecular weight excluding hydrogens is 174 g/mol. The summed E-state index contributed by atoms with van der Waals surface area (Å²) in [5.74, 6) is 0. The molecule has 0 aromatic carbocycles. The van der Waals surface area contributed by atoms with E-state index in [1.165, 1.54) is 0 Å². The Kier molecular flexibility index (Phi) is 9.66. The molecular formula is C7H19N3O3. The monoisotopic (exact) mass is 193 g/mol. The van der Waals surface area contributed by atoms with Crippen LogP contribution in [0.3, 0.4) is 0 Å². The molecule has 0 saturated heterocycles. The molecule has 0 amide bonds. The van der Waals surface area contributed by atoms with Gasteiger partial charge in [-0.15, -0.1) is 0 Å². The van der Waals surface area contributed by atoms with Crippen molar-refractivity contribution in [2.75, 3.05) is 39.5 Å². The molecule has 0 saturated carbocycles.